The largest absolute Gasteiger partial charge is 0.368 e. The molecule has 0 fully saturated rings. The number of rotatable bonds is 1. The molecule has 5 heteroatoms. The third-order valence-electron chi connectivity index (χ3n) is 1.01. The number of carbonyl (C=O) groups excluding carboxylic acids is 1. The van der Waals surface area contributed by atoms with Crippen LogP contribution in [0.25, 0.3) is 0 Å². The van der Waals surface area contributed by atoms with Crippen molar-refractivity contribution in [2.75, 3.05) is 0 Å². The van der Waals surface area contributed by atoms with Crippen LogP contribution in [0.4, 0.5) is 4.48 Å². The van der Waals surface area contributed by atoms with Crippen molar-refractivity contribution in [3.8, 4) is 0 Å². The van der Waals surface area contributed by atoms with Crippen molar-refractivity contribution in [3.05, 3.63) is 12.3 Å². The molecule has 0 bridgehead atoms. The number of amides is 1. The van der Waals surface area contributed by atoms with Gasteiger partial charge in [0.05, 0.1) is 0 Å². The molecule has 0 saturated carbocycles. The summed E-state index contributed by atoms with van der Waals surface area (Å²) in [5, 5.41) is 0.141. The third kappa shape index (κ3) is 0.996. The average molecular weight is 131 g/mol. The van der Waals surface area contributed by atoms with Gasteiger partial charge in [0.1, 0.15) is 0 Å². The van der Waals surface area contributed by atoms with Crippen LogP contribution in [0.2, 0.25) is 0 Å². The molecule has 0 saturated heterocycles. The van der Waals surface area contributed by atoms with Crippen LogP contribution < -0.4 is 11.2 Å². The summed E-state index contributed by atoms with van der Waals surface area (Å²) in [6.07, 6.45) is 2.65. The lowest BCUT2D eigenvalue weighted by Crippen LogP contribution is -2.39. The molecule has 0 radical (unpaired) electrons. The first kappa shape index (κ1) is 6.03. The van der Waals surface area contributed by atoms with Crippen LogP contribution in [0.5, 0.6) is 0 Å². The fraction of sp³-hybridized carbons (Fsp3) is 0.250. The Hall–Kier alpha value is -1.10. The monoisotopic (exact) mass is 131 g/mol. The highest BCUT2D eigenvalue weighted by molar-refractivity contribution is 5.82. The van der Waals surface area contributed by atoms with E-state index >= 15 is 0 Å². The summed E-state index contributed by atoms with van der Waals surface area (Å²) in [7, 11) is 0. The quantitative estimate of drug-likeness (QED) is 0.451. The van der Waals surface area contributed by atoms with E-state index in [1.807, 2.05) is 0 Å². The van der Waals surface area contributed by atoms with E-state index in [0.29, 0.717) is 0 Å². The van der Waals surface area contributed by atoms with E-state index in [2.05, 4.69) is 5.43 Å². The third-order valence-corrected chi connectivity index (χ3v) is 1.01. The lowest BCUT2D eigenvalue weighted by Gasteiger charge is -2.08. The van der Waals surface area contributed by atoms with E-state index in [1.54, 1.807) is 0 Å². The number of hydrogen-bond acceptors (Lipinski definition) is 3. The minimum Gasteiger partial charge on any atom is -0.368 e. The van der Waals surface area contributed by atoms with Gasteiger partial charge in [-0.25, -0.2) is 0 Å². The van der Waals surface area contributed by atoms with Gasteiger partial charge in [-0.15, -0.1) is 4.48 Å². The highest BCUT2D eigenvalue weighted by Crippen LogP contribution is 2.03. The molecule has 1 aliphatic heterocycles. The second-order valence-electron chi connectivity index (χ2n) is 1.65. The maximum atomic E-state index is 12.2. The molecule has 0 aliphatic carbocycles. The minimum atomic E-state index is -0.954. The molecule has 1 atom stereocenters. The summed E-state index contributed by atoms with van der Waals surface area (Å²) in [5.74, 6) is -0.709. The number of carbonyl (C=O) groups is 1. The van der Waals surface area contributed by atoms with Crippen molar-refractivity contribution in [1.29, 1.82) is 0 Å². The molecule has 0 aromatic rings. The lowest BCUT2D eigenvalue weighted by atomic mass is 10.3. The predicted molar refractivity (Wildman–Crippen MR) is 28.2 cm³/mol. The Kier molecular flexibility index (Phi) is 1.35. The number of primary amides is 1. The van der Waals surface area contributed by atoms with E-state index in [-0.39, 0.29) is 5.23 Å². The van der Waals surface area contributed by atoms with Gasteiger partial charge in [0.2, 0.25) is 5.91 Å². The fourth-order valence-corrected chi connectivity index (χ4v) is 0.568. The van der Waals surface area contributed by atoms with Gasteiger partial charge in [0.15, 0.2) is 6.04 Å². The highest BCUT2D eigenvalue weighted by Gasteiger charge is 2.24. The molecule has 1 heterocycles. The topological polar surface area (TPSA) is 58.4 Å². The van der Waals surface area contributed by atoms with Gasteiger partial charge >= 0.3 is 0 Å². The Balaban J connectivity index is 2.59. The predicted octanol–water partition coefficient (Wildman–Crippen LogP) is -0.941. The van der Waals surface area contributed by atoms with Crippen molar-refractivity contribution >= 4 is 5.91 Å². The number of hydrazine groups is 1. The number of halogens is 1. The molecule has 1 aliphatic rings. The summed E-state index contributed by atoms with van der Waals surface area (Å²) in [6.45, 7) is 0. The highest BCUT2D eigenvalue weighted by atomic mass is 19.2. The normalized spacial score (nSPS) is 26.1. The first-order chi connectivity index (χ1) is 4.22. The van der Waals surface area contributed by atoms with Gasteiger partial charge in [-0.2, -0.15) is 0 Å². The van der Waals surface area contributed by atoms with Crippen molar-refractivity contribution in [1.82, 2.24) is 10.7 Å². The molecule has 50 valence electrons. The standard InChI is InChI=1S/C4H6FN3O/c5-8-3(4(6)9)1-2-7-8/h1-3,7H,(H2,6,9). The summed E-state index contributed by atoms with van der Waals surface area (Å²) < 4.78 is 12.2. The van der Waals surface area contributed by atoms with E-state index in [1.165, 1.54) is 12.3 Å². The number of nitrogens with one attached hydrogen (secondary N) is 1. The Morgan fingerprint density at radius 2 is 2.56 bits per heavy atom. The van der Waals surface area contributed by atoms with E-state index in [0.717, 1.165) is 0 Å². The molecule has 0 aromatic heterocycles. The molecule has 1 unspecified atom stereocenters. The van der Waals surface area contributed by atoms with Crippen LogP contribution in [-0.2, 0) is 4.79 Å². The fourth-order valence-electron chi connectivity index (χ4n) is 0.568. The molecular weight excluding hydrogens is 125 g/mol. The van der Waals surface area contributed by atoms with E-state index < -0.39 is 11.9 Å². The summed E-state index contributed by atoms with van der Waals surface area (Å²) in [5.41, 5.74) is 6.91. The van der Waals surface area contributed by atoms with Crippen LogP contribution in [0.1, 0.15) is 0 Å². The van der Waals surface area contributed by atoms with Crippen LogP contribution >= 0.6 is 0 Å². The average Bonchev–Trinajstić information content (AvgIpc) is 2.13. The molecule has 4 nitrogen and oxygen atoms in total. The van der Waals surface area contributed by atoms with Gasteiger partial charge in [-0.1, -0.05) is 0 Å². The second kappa shape index (κ2) is 2.02. The van der Waals surface area contributed by atoms with Crippen LogP contribution in [0, 0.1) is 0 Å². The summed E-state index contributed by atoms with van der Waals surface area (Å²) in [4.78, 5) is 10.3. The molecule has 1 rings (SSSR count). The summed E-state index contributed by atoms with van der Waals surface area (Å²) in [6, 6.07) is -0.954. The van der Waals surface area contributed by atoms with Gasteiger partial charge in [0.25, 0.3) is 0 Å². The maximum absolute atomic E-state index is 12.2. The molecule has 1 amide bonds. The van der Waals surface area contributed by atoms with Crippen molar-refractivity contribution in [3.63, 3.8) is 0 Å². The van der Waals surface area contributed by atoms with Crippen LogP contribution in [0.3, 0.4) is 0 Å². The van der Waals surface area contributed by atoms with Crippen molar-refractivity contribution in [2.45, 2.75) is 6.04 Å². The zero-order valence-corrected chi connectivity index (χ0v) is 4.54. The SMILES string of the molecule is NC(=O)C1C=CNN1F. The van der Waals surface area contributed by atoms with Crippen molar-refractivity contribution < 1.29 is 9.28 Å². The Labute approximate surface area is 51.0 Å². The summed E-state index contributed by atoms with van der Waals surface area (Å²) >= 11 is 0. The van der Waals surface area contributed by atoms with Crippen molar-refractivity contribution in [2.24, 2.45) is 5.73 Å². The number of nitrogens with zero attached hydrogens (tertiary/aromatic N) is 1. The van der Waals surface area contributed by atoms with Crippen LogP contribution in [-0.4, -0.2) is 17.2 Å². The first-order valence-corrected chi connectivity index (χ1v) is 2.39. The molecular formula is C4H6FN3O. The smallest absolute Gasteiger partial charge is 0.243 e. The van der Waals surface area contributed by atoms with Crippen LogP contribution in [0.15, 0.2) is 12.3 Å². The van der Waals surface area contributed by atoms with Gasteiger partial charge in [-0.3, -0.25) is 10.2 Å². The molecule has 9 heavy (non-hydrogen) atoms. The molecule has 3 N–H and O–H groups in total. The second-order valence-corrected chi connectivity index (χ2v) is 1.65. The first-order valence-electron chi connectivity index (χ1n) is 2.39. The lowest BCUT2D eigenvalue weighted by molar-refractivity contribution is -0.129. The Bertz CT molecular complexity index is 158. The van der Waals surface area contributed by atoms with Gasteiger partial charge < -0.3 is 5.73 Å². The molecule has 0 spiro atoms. The van der Waals surface area contributed by atoms with E-state index in [9.17, 15) is 9.28 Å². The van der Waals surface area contributed by atoms with Gasteiger partial charge in [-0.05, 0) is 11.3 Å². The zero-order chi connectivity index (χ0) is 6.85. The van der Waals surface area contributed by atoms with E-state index in [4.69, 9.17) is 5.73 Å². The van der Waals surface area contributed by atoms with Gasteiger partial charge in [0, 0.05) is 6.20 Å². The Morgan fingerprint density at radius 3 is 2.78 bits per heavy atom. The minimum absolute atomic E-state index is 0.141. The maximum Gasteiger partial charge on any atom is 0.243 e. The Morgan fingerprint density at radius 1 is 1.89 bits per heavy atom. The molecule has 0 aromatic carbocycles. The number of nitrogens with two attached hydrogens (primary N) is 1. The zero-order valence-electron chi connectivity index (χ0n) is 4.54. The number of hydrogen-bond donors (Lipinski definition) is 2.